The maximum atomic E-state index is 12.1. The Morgan fingerprint density at radius 1 is 1.23 bits per heavy atom. The average Bonchev–Trinajstić information content (AvgIpc) is 3.39. The molecule has 1 unspecified atom stereocenters. The lowest BCUT2D eigenvalue weighted by atomic mass is 10.0. The van der Waals surface area contributed by atoms with Crippen LogP contribution in [0.1, 0.15) is 48.5 Å². The van der Waals surface area contributed by atoms with E-state index in [1.165, 1.54) is 22.0 Å². The fourth-order valence-corrected chi connectivity index (χ4v) is 5.20. The molecule has 1 aromatic carbocycles. The highest BCUT2D eigenvalue weighted by Crippen LogP contribution is 2.33. The molecule has 1 saturated heterocycles. The SMILES string of the molecule is CNc1nc(C2CCCN2C(C)=O)nc2c1CCN(Cc1cn(C)c3ccccc13)C2. The number of nitrogens with zero attached hydrogens (tertiary/aromatic N) is 5. The highest BCUT2D eigenvalue weighted by atomic mass is 16.2. The highest BCUT2D eigenvalue weighted by molar-refractivity contribution is 5.83. The van der Waals surface area contributed by atoms with E-state index in [9.17, 15) is 4.79 Å². The number of hydrogen-bond donors (Lipinski definition) is 1. The average molecular weight is 419 g/mol. The van der Waals surface area contributed by atoms with Crippen molar-refractivity contribution in [3.8, 4) is 0 Å². The number of carbonyl (C=O) groups is 1. The van der Waals surface area contributed by atoms with Crippen molar-refractivity contribution in [3.63, 3.8) is 0 Å². The zero-order chi connectivity index (χ0) is 21.5. The molecule has 7 nitrogen and oxygen atoms in total. The summed E-state index contributed by atoms with van der Waals surface area (Å²) in [5, 5.41) is 4.60. The summed E-state index contributed by atoms with van der Waals surface area (Å²) in [6.45, 7) is 5.12. The predicted molar refractivity (Wildman–Crippen MR) is 122 cm³/mol. The number of fused-ring (bicyclic) bond motifs is 2. The summed E-state index contributed by atoms with van der Waals surface area (Å²) in [6.07, 6.45) is 5.11. The first-order valence-electron chi connectivity index (χ1n) is 11.1. The second-order valence-corrected chi connectivity index (χ2v) is 8.72. The normalized spacial score (nSPS) is 19.1. The van der Waals surface area contributed by atoms with Crippen LogP contribution in [0.5, 0.6) is 0 Å². The molecule has 4 heterocycles. The summed E-state index contributed by atoms with van der Waals surface area (Å²) >= 11 is 0. The summed E-state index contributed by atoms with van der Waals surface area (Å²) in [5.41, 5.74) is 4.93. The second kappa shape index (κ2) is 7.96. The van der Waals surface area contributed by atoms with Gasteiger partial charge in [0.1, 0.15) is 5.82 Å². The third-order valence-electron chi connectivity index (χ3n) is 6.73. The molecule has 0 aliphatic carbocycles. The summed E-state index contributed by atoms with van der Waals surface area (Å²) < 4.78 is 2.21. The monoisotopic (exact) mass is 418 g/mol. The van der Waals surface area contributed by atoms with Crippen molar-refractivity contribution >= 4 is 22.6 Å². The lowest BCUT2D eigenvalue weighted by Gasteiger charge is -2.30. The Morgan fingerprint density at radius 2 is 2.06 bits per heavy atom. The van der Waals surface area contributed by atoms with Gasteiger partial charge in [-0.3, -0.25) is 9.69 Å². The minimum atomic E-state index is -0.0108. The minimum absolute atomic E-state index is 0.0108. The van der Waals surface area contributed by atoms with Crippen molar-refractivity contribution in [3.05, 3.63) is 53.1 Å². The number of hydrogen-bond acceptors (Lipinski definition) is 5. The number of para-hydroxylation sites is 1. The van der Waals surface area contributed by atoms with E-state index in [-0.39, 0.29) is 11.9 Å². The van der Waals surface area contributed by atoms with E-state index in [1.807, 2.05) is 11.9 Å². The molecule has 0 spiro atoms. The molecular formula is C24H30N6O. The van der Waals surface area contributed by atoms with Crippen molar-refractivity contribution in [2.24, 2.45) is 7.05 Å². The quantitative estimate of drug-likeness (QED) is 0.705. The van der Waals surface area contributed by atoms with Crippen LogP contribution in [-0.4, -0.2) is 50.4 Å². The van der Waals surface area contributed by atoms with Crippen LogP contribution >= 0.6 is 0 Å². The second-order valence-electron chi connectivity index (χ2n) is 8.72. The molecular weight excluding hydrogens is 388 g/mol. The molecule has 0 bridgehead atoms. The van der Waals surface area contributed by atoms with Gasteiger partial charge in [0.05, 0.1) is 11.7 Å². The van der Waals surface area contributed by atoms with E-state index >= 15 is 0 Å². The zero-order valence-corrected chi connectivity index (χ0v) is 18.6. The van der Waals surface area contributed by atoms with E-state index in [2.05, 4.69) is 52.3 Å². The number of benzene rings is 1. The van der Waals surface area contributed by atoms with E-state index in [1.54, 1.807) is 6.92 Å². The Kier molecular flexibility index (Phi) is 5.14. The maximum absolute atomic E-state index is 12.1. The number of carbonyl (C=O) groups excluding carboxylic acids is 1. The van der Waals surface area contributed by atoms with Crippen LogP contribution in [0.15, 0.2) is 30.5 Å². The van der Waals surface area contributed by atoms with E-state index in [0.717, 1.165) is 62.8 Å². The number of aromatic nitrogens is 3. The molecule has 2 aliphatic rings. The van der Waals surface area contributed by atoms with Crippen molar-refractivity contribution in [1.29, 1.82) is 0 Å². The van der Waals surface area contributed by atoms with E-state index in [4.69, 9.17) is 9.97 Å². The van der Waals surface area contributed by atoms with E-state index < -0.39 is 0 Å². The van der Waals surface area contributed by atoms with E-state index in [0.29, 0.717) is 0 Å². The van der Waals surface area contributed by atoms with Gasteiger partial charge < -0.3 is 14.8 Å². The number of rotatable bonds is 4. The Labute approximate surface area is 183 Å². The van der Waals surface area contributed by atoms with Crippen LogP contribution in [0.4, 0.5) is 5.82 Å². The first kappa shape index (κ1) is 20.0. The molecule has 2 aliphatic heterocycles. The Balaban J connectivity index is 1.44. The standard InChI is InChI=1S/C24H30N6O/c1-16(31)30-11-6-9-22(30)24-26-20-15-29(12-10-19(20)23(25-2)27-24)14-17-13-28(3)21-8-5-4-7-18(17)21/h4-5,7-8,13,22H,6,9-12,14-15H2,1-3H3,(H,25,26,27). The van der Waals surface area contributed by atoms with Gasteiger partial charge in [0.2, 0.25) is 5.91 Å². The number of nitrogens with one attached hydrogen (secondary N) is 1. The lowest BCUT2D eigenvalue weighted by molar-refractivity contribution is -0.129. The summed E-state index contributed by atoms with van der Waals surface area (Å²) in [6, 6.07) is 8.57. The Hall–Kier alpha value is -2.93. The van der Waals surface area contributed by atoms with Crippen molar-refractivity contribution in [1.82, 2.24) is 24.3 Å². The van der Waals surface area contributed by atoms with Gasteiger partial charge in [0.15, 0.2) is 5.82 Å². The van der Waals surface area contributed by atoms with Gasteiger partial charge in [0.25, 0.3) is 0 Å². The van der Waals surface area contributed by atoms with Crippen molar-refractivity contribution in [2.75, 3.05) is 25.5 Å². The Morgan fingerprint density at radius 3 is 2.87 bits per heavy atom. The first-order chi connectivity index (χ1) is 15.0. The topological polar surface area (TPSA) is 66.3 Å². The van der Waals surface area contributed by atoms with Gasteiger partial charge in [-0.15, -0.1) is 0 Å². The number of aryl methyl sites for hydroxylation is 1. The molecule has 1 amide bonds. The Bertz CT molecular complexity index is 1140. The predicted octanol–water partition coefficient (Wildman–Crippen LogP) is 3.25. The molecule has 31 heavy (non-hydrogen) atoms. The van der Waals surface area contributed by atoms with Crippen molar-refractivity contribution < 1.29 is 4.79 Å². The smallest absolute Gasteiger partial charge is 0.220 e. The summed E-state index contributed by atoms with van der Waals surface area (Å²) in [5.74, 6) is 1.80. The highest BCUT2D eigenvalue weighted by Gasteiger charge is 2.32. The van der Waals surface area contributed by atoms with Crippen molar-refractivity contribution in [2.45, 2.75) is 45.3 Å². The first-order valence-corrected chi connectivity index (χ1v) is 11.1. The minimum Gasteiger partial charge on any atom is -0.373 e. The molecule has 1 atom stereocenters. The largest absolute Gasteiger partial charge is 0.373 e. The summed E-state index contributed by atoms with van der Waals surface area (Å²) in [4.78, 5) is 26.3. The van der Waals surface area contributed by atoms with Gasteiger partial charge in [-0.2, -0.15) is 0 Å². The van der Waals surface area contributed by atoms with Crippen LogP contribution in [0, 0.1) is 0 Å². The van der Waals surface area contributed by atoms with Gasteiger partial charge >= 0.3 is 0 Å². The molecule has 1 N–H and O–H groups in total. The zero-order valence-electron chi connectivity index (χ0n) is 18.6. The molecule has 162 valence electrons. The molecule has 5 rings (SSSR count). The number of anilines is 1. The number of likely N-dealkylation sites (tertiary alicyclic amines) is 1. The third-order valence-corrected chi connectivity index (χ3v) is 6.73. The van der Waals surface area contributed by atoms with Crippen LogP contribution in [0.3, 0.4) is 0 Å². The molecule has 0 saturated carbocycles. The van der Waals surface area contributed by atoms with Crippen LogP contribution in [0.2, 0.25) is 0 Å². The van der Waals surface area contributed by atoms with Crippen LogP contribution in [0.25, 0.3) is 10.9 Å². The van der Waals surface area contributed by atoms with Crippen LogP contribution < -0.4 is 5.32 Å². The van der Waals surface area contributed by atoms with Crippen LogP contribution in [-0.2, 0) is 31.4 Å². The molecule has 2 aromatic heterocycles. The lowest BCUT2D eigenvalue weighted by Crippen LogP contribution is -2.33. The van der Waals surface area contributed by atoms with Gasteiger partial charge in [-0.25, -0.2) is 9.97 Å². The molecule has 7 heteroatoms. The molecule has 3 aromatic rings. The third kappa shape index (κ3) is 3.57. The molecule has 0 radical (unpaired) electrons. The number of amides is 1. The molecule has 1 fully saturated rings. The summed E-state index contributed by atoms with van der Waals surface area (Å²) in [7, 11) is 4.03. The fourth-order valence-electron chi connectivity index (χ4n) is 5.20. The van der Waals surface area contributed by atoms with Gasteiger partial charge in [0, 0.05) is 69.9 Å². The fraction of sp³-hybridized carbons (Fsp3) is 0.458. The maximum Gasteiger partial charge on any atom is 0.220 e. The van der Waals surface area contributed by atoms with Gasteiger partial charge in [-0.1, -0.05) is 18.2 Å². The van der Waals surface area contributed by atoms with Gasteiger partial charge in [-0.05, 0) is 30.9 Å².